The molecule has 2 rings (SSSR count). The number of carbonyl (C=O) groups excluding carboxylic acids is 2. The quantitative estimate of drug-likeness (QED) is 0.538. The van der Waals surface area contributed by atoms with Crippen molar-refractivity contribution in [2.24, 2.45) is 5.92 Å². The third-order valence-corrected chi connectivity index (χ3v) is 4.72. The van der Waals surface area contributed by atoms with Crippen molar-refractivity contribution >= 4 is 27.7 Å². The number of hydrogen-bond acceptors (Lipinski definition) is 4. The zero-order valence-corrected chi connectivity index (χ0v) is 19.6. The van der Waals surface area contributed by atoms with E-state index in [0.717, 1.165) is 15.6 Å². The number of nitrogens with one attached hydrogen (secondary N) is 2. The van der Waals surface area contributed by atoms with Crippen molar-refractivity contribution in [2.45, 2.75) is 40.5 Å². The molecular formula is C23H29BrN2O4. The summed E-state index contributed by atoms with van der Waals surface area (Å²) < 4.78 is 12.1. The number of rotatable bonds is 8. The van der Waals surface area contributed by atoms with Crippen molar-refractivity contribution in [1.82, 2.24) is 10.9 Å². The Bertz CT molecular complexity index is 897. The second-order valence-corrected chi connectivity index (χ2v) is 8.75. The molecule has 0 saturated heterocycles. The van der Waals surface area contributed by atoms with E-state index >= 15 is 0 Å². The average Bonchev–Trinajstić information content (AvgIpc) is 2.69. The van der Waals surface area contributed by atoms with Gasteiger partial charge in [-0.3, -0.25) is 20.4 Å². The molecule has 7 heteroatoms. The lowest BCUT2D eigenvalue weighted by atomic mass is 10.0. The molecule has 0 saturated carbocycles. The summed E-state index contributed by atoms with van der Waals surface area (Å²) in [6.45, 7) is 10.4. The fourth-order valence-electron chi connectivity index (χ4n) is 2.68. The van der Waals surface area contributed by atoms with Gasteiger partial charge < -0.3 is 9.47 Å². The summed E-state index contributed by atoms with van der Waals surface area (Å²) in [7, 11) is 0. The number of hydrazine groups is 1. The number of amides is 2. The molecule has 2 amide bonds. The van der Waals surface area contributed by atoms with E-state index in [1.165, 1.54) is 0 Å². The minimum absolute atomic E-state index is 0.210. The third kappa shape index (κ3) is 7.06. The van der Waals surface area contributed by atoms with Crippen LogP contribution in [-0.2, 0) is 4.79 Å². The van der Waals surface area contributed by atoms with Crippen molar-refractivity contribution in [3.63, 3.8) is 0 Å². The molecule has 162 valence electrons. The second kappa shape index (κ2) is 11.0. The van der Waals surface area contributed by atoms with Gasteiger partial charge in [0.1, 0.15) is 11.5 Å². The van der Waals surface area contributed by atoms with Crippen molar-refractivity contribution < 1.29 is 19.1 Å². The first-order chi connectivity index (χ1) is 14.2. The Morgan fingerprint density at radius 1 is 0.967 bits per heavy atom. The van der Waals surface area contributed by atoms with Crippen LogP contribution in [0.25, 0.3) is 0 Å². The summed E-state index contributed by atoms with van der Waals surface area (Å²) in [6.07, 6.45) is 0. The molecule has 30 heavy (non-hydrogen) atoms. The summed E-state index contributed by atoms with van der Waals surface area (Å²) in [5, 5.41) is 0. The number of aryl methyl sites for hydroxylation is 1. The molecule has 0 atom stereocenters. The van der Waals surface area contributed by atoms with Crippen molar-refractivity contribution in [1.29, 1.82) is 0 Å². The zero-order chi connectivity index (χ0) is 22.3. The minimum atomic E-state index is -0.471. The number of benzene rings is 2. The van der Waals surface area contributed by atoms with E-state index < -0.39 is 11.8 Å². The molecule has 0 fully saturated rings. The molecule has 0 aromatic heterocycles. The lowest BCUT2D eigenvalue weighted by Gasteiger charge is -2.16. The van der Waals surface area contributed by atoms with Crippen LogP contribution >= 0.6 is 15.9 Å². The van der Waals surface area contributed by atoms with Crippen molar-refractivity contribution in [3.05, 3.63) is 57.6 Å². The zero-order valence-electron chi connectivity index (χ0n) is 18.0. The lowest BCUT2D eigenvalue weighted by molar-refractivity contribution is -0.123. The van der Waals surface area contributed by atoms with Crippen molar-refractivity contribution in [3.8, 4) is 11.5 Å². The third-order valence-electron chi connectivity index (χ3n) is 4.22. The van der Waals surface area contributed by atoms with Crippen LogP contribution in [-0.4, -0.2) is 25.0 Å². The lowest BCUT2D eigenvalue weighted by Crippen LogP contribution is -2.44. The van der Waals surface area contributed by atoms with Gasteiger partial charge in [0.2, 0.25) is 0 Å². The summed E-state index contributed by atoms with van der Waals surface area (Å²) in [5.74, 6) is 0.781. The van der Waals surface area contributed by atoms with Gasteiger partial charge in [0.25, 0.3) is 11.8 Å². The van der Waals surface area contributed by atoms with Crippen LogP contribution in [0.2, 0.25) is 0 Å². The molecular weight excluding hydrogens is 448 g/mol. The molecule has 0 radical (unpaired) electrons. The predicted molar refractivity (Wildman–Crippen MR) is 121 cm³/mol. The van der Waals surface area contributed by atoms with Crippen LogP contribution < -0.4 is 20.3 Å². The molecule has 0 unspecified atom stereocenters. The molecule has 0 aliphatic rings. The van der Waals surface area contributed by atoms with E-state index in [-0.39, 0.29) is 12.5 Å². The molecule has 0 bridgehead atoms. The molecule has 0 aliphatic carbocycles. The van der Waals surface area contributed by atoms with Crippen LogP contribution in [0.4, 0.5) is 0 Å². The van der Waals surface area contributed by atoms with Gasteiger partial charge in [-0.15, -0.1) is 0 Å². The monoisotopic (exact) mass is 476 g/mol. The smallest absolute Gasteiger partial charge is 0.276 e. The Labute approximate surface area is 186 Å². The van der Waals surface area contributed by atoms with Gasteiger partial charge in [0.05, 0.1) is 12.2 Å². The number of carbonyl (C=O) groups is 2. The summed E-state index contributed by atoms with van der Waals surface area (Å²) >= 11 is 3.36. The van der Waals surface area contributed by atoms with Crippen LogP contribution in [0.15, 0.2) is 40.9 Å². The van der Waals surface area contributed by atoms with Gasteiger partial charge >= 0.3 is 0 Å². The Kier molecular flexibility index (Phi) is 8.72. The van der Waals surface area contributed by atoms with Gasteiger partial charge in [-0.25, -0.2) is 0 Å². The fourth-order valence-corrected chi connectivity index (χ4v) is 3.04. The maximum absolute atomic E-state index is 12.6. The summed E-state index contributed by atoms with van der Waals surface area (Å²) in [4.78, 5) is 24.8. The molecule has 2 N–H and O–H groups in total. The van der Waals surface area contributed by atoms with Gasteiger partial charge in [-0.05, 0) is 54.2 Å². The topological polar surface area (TPSA) is 76.7 Å². The SMILES string of the molecule is Cc1ccc(C(C)C)c(OCC(=O)NNC(=O)c2cc(Br)ccc2OCC(C)C)c1. The van der Waals surface area contributed by atoms with E-state index in [4.69, 9.17) is 9.47 Å². The highest BCUT2D eigenvalue weighted by Crippen LogP contribution is 2.27. The molecule has 6 nitrogen and oxygen atoms in total. The van der Waals surface area contributed by atoms with Crippen LogP contribution in [0, 0.1) is 12.8 Å². The Morgan fingerprint density at radius 2 is 1.70 bits per heavy atom. The standard InChI is InChI=1S/C23H29BrN2O4/c1-14(2)12-29-20-9-7-17(24)11-19(20)23(28)26-25-22(27)13-30-21-10-16(5)6-8-18(21)15(3)4/h6-11,14-15H,12-13H2,1-5H3,(H,25,27)(H,26,28). The van der Waals surface area contributed by atoms with Crippen LogP contribution in [0.1, 0.15) is 55.1 Å². The normalized spacial score (nSPS) is 10.8. The van der Waals surface area contributed by atoms with Crippen LogP contribution in [0.5, 0.6) is 11.5 Å². The Morgan fingerprint density at radius 3 is 2.37 bits per heavy atom. The van der Waals surface area contributed by atoms with Crippen LogP contribution in [0.3, 0.4) is 0 Å². The van der Waals surface area contributed by atoms with Crippen molar-refractivity contribution in [2.75, 3.05) is 13.2 Å². The molecule has 0 spiro atoms. The minimum Gasteiger partial charge on any atom is -0.492 e. The highest BCUT2D eigenvalue weighted by Gasteiger charge is 2.16. The molecule has 2 aromatic rings. The first kappa shape index (κ1) is 23.7. The molecule has 0 heterocycles. The highest BCUT2D eigenvalue weighted by atomic mass is 79.9. The predicted octanol–water partition coefficient (Wildman–Crippen LogP) is 4.76. The van der Waals surface area contributed by atoms with Gasteiger partial charge in [-0.2, -0.15) is 0 Å². The van der Waals surface area contributed by atoms with E-state index in [2.05, 4.69) is 40.6 Å². The number of hydrogen-bond donors (Lipinski definition) is 2. The Hall–Kier alpha value is -2.54. The average molecular weight is 477 g/mol. The fraction of sp³-hybridized carbons (Fsp3) is 0.391. The maximum Gasteiger partial charge on any atom is 0.276 e. The van der Waals surface area contributed by atoms with Gasteiger partial charge in [-0.1, -0.05) is 55.8 Å². The molecule has 0 aliphatic heterocycles. The van der Waals surface area contributed by atoms with E-state index in [0.29, 0.717) is 29.6 Å². The van der Waals surface area contributed by atoms with E-state index in [1.54, 1.807) is 18.2 Å². The van der Waals surface area contributed by atoms with Gasteiger partial charge in [0.15, 0.2) is 6.61 Å². The Balaban J connectivity index is 1.96. The number of ether oxygens (including phenoxy) is 2. The summed E-state index contributed by atoms with van der Waals surface area (Å²) in [6, 6.07) is 11.1. The summed E-state index contributed by atoms with van der Waals surface area (Å²) in [5.41, 5.74) is 7.21. The molecule has 2 aromatic carbocycles. The van der Waals surface area contributed by atoms with E-state index in [1.807, 2.05) is 39.0 Å². The number of halogens is 1. The first-order valence-corrected chi connectivity index (χ1v) is 10.7. The highest BCUT2D eigenvalue weighted by molar-refractivity contribution is 9.10. The van der Waals surface area contributed by atoms with Gasteiger partial charge in [0, 0.05) is 4.47 Å². The second-order valence-electron chi connectivity index (χ2n) is 7.83. The first-order valence-electron chi connectivity index (χ1n) is 9.92. The largest absolute Gasteiger partial charge is 0.492 e. The van der Waals surface area contributed by atoms with E-state index in [9.17, 15) is 9.59 Å². The maximum atomic E-state index is 12.6.